The molecule has 1 aromatic heterocycles. The van der Waals surface area contributed by atoms with Crippen molar-refractivity contribution in [2.45, 2.75) is 25.4 Å². The Bertz CT molecular complexity index is 786. The van der Waals surface area contributed by atoms with Crippen molar-refractivity contribution in [1.29, 1.82) is 0 Å². The largest absolute Gasteiger partial charge is 0.416 e. The van der Waals surface area contributed by atoms with Crippen molar-refractivity contribution in [3.8, 4) is 0 Å². The van der Waals surface area contributed by atoms with Crippen LogP contribution in [0.15, 0.2) is 36.7 Å². The number of nitrogen functional groups attached to an aromatic ring is 1. The lowest BCUT2D eigenvalue weighted by atomic mass is 9.93. The molecule has 0 radical (unpaired) electrons. The van der Waals surface area contributed by atoms with Gasteiger partial charge in [-0.15, -0.1) is 0 Å². The number of carbonyl (C=O) groups is 1. The van der Waals surface area contributed by atoms with E-state index in [1.54, 1.807) is 6.20 Å². The van der Waals surface area contributed by atoms with Crippen LogP contribution >= 0.6 is 0 Å². The van der Waals surface area contributed by atoms with E-state index in [4.69, 9.17) is 5.73 Å². The number of nitrogens with two attached hydrogens (primary N) is 1. The van der Waals surface area contributed by atoms with Gasteiger partial charge < -0.3 is 16.0 Å². The number of anilines is 3. The van der Waals surface area contributed by atoms with Gasteiger partial charge in [-0.05, 0) is 37.0 Å². The summed E-state index contributed by atoms with van der Waals surface area (Å²) >= 11 is 0. The van der Waals surface area contributed by atoms with E-state index in [-0.39, 0.29) is 23.9 Å². The summed E-state index contributed by atoms with van der Waals surface area (Å²) in [6.45, 7) is 1.47. The fourth-order valence-electron chi connectivity index (χ4n) is 3.11. The molecule has 1 amide bonds. The van der Waals surface area contributed by atoms with Crippen molar-refractivity contribution in [3.05, 3.63) is 42.2 Å². The molecule has 1 aliphatic rings. The molecule has 1 aliphatic heterocycles. The monoisotopic (exact) mass is 379 g/mol. The molecule has 2 heterocycles. The molecule has 144 valence electrons. The average Bonchev–Trinajstić information content (AvgIpc) is 2.62. The number of carbonyl (C=O) groups excluding carboxylic acids is 1. The lowest BCUT2D eigenvalue weighted by Gasteiger charge is -2.32. The molecular formula is C18H20F3N5O. The van der Waals surface area contributed by atoms with Gasteiger partial charge in [-0.2, -0.15) is 13.2 Å². The number of hydrogen-bond donors (Lipinski definition) is 2. The van der Waals surface area contributed by atoms with Gasteiger partial charge in [0.15, 0.2) is 0 Å². The maximum atomic E-state index is 12.7. The van der Waals surface area contributed by atoms with E-state index in [2.05, 4.69) is 20.2 Å². The van der Waals surface area contributed by atoms with Crippen molar-refractivity contribution in [2.24, 2.45) is 5.92 Å². The highest BCUT2D eigenvalue weighted by atomic mass is 19.4. The minimum absolute atomic E-state index is 0.157. The van der Waals surface area contributed by atoms with Crippen LogP contribution in [0.4, 0.5) is 30.5 Å². The number of piperidine rings is 1. The molecule has 0 aliphatic carbocycles. The number of nitrogens with one attached hydrogen (secondary N) is 1. The van der Waals surface area contributed by atoms with E-state index in [0.29, 0.717) is 5.82 Å². The fourth-order valence-corrected chi connectivity index (χ4v) is 3.11. The van der Waals surface area contributed by atoms with Crippen LogP contribution in [-0.2, 0) is 11.0 Å². The second kappa shape index (κ2) is 7.81. The van der Waals surface area contributed by atoms with Crippen molar-refractivity contribution < 1.29 is 18.0 Å². The van der Waals surface area contributed by atoms with Gasteiger partial charge in [-0.3, -0.25) is 4.79 Å². The Labute approximate surface area is 154 Å². The minimum atomic E-state index is -4.43. The Morgan fingerprint density at radius 2 is 1.96 bits per heavy atom. The van der Waals surface area contributed by atoms with Gasteiger partial charge in [-0.25, -0.2) is 9.97 Å². The molecule has 1 fully saturated rings. The molecule has 0 saturated carbocycles. The summed E-state index contributed by atoms with van der Waals surface area (Å²) in [5.41, 5.74) is 4.91. The summed E-state index contributed by atoms with van der Waals surface area (Å²) in [5.74, 6) is 1.00. The number of halogens is 3. The molecule has 0 bridgehead atoms. The second-order valence-corrected chi connectivity index (χ2v) is 6.56. The van der Waals surface area contributed by atoms with Gasteiger partial charge in [-0.1, -0.05) is 6.07 Å². The molecule has 3 N–H and O–H groups in total. The first-order chi connectivity index (χ1) is 12.8. The number of benzene rings is 1. The zero-order valence-corrected chi connectivity index (χ0v) is 14.5. The van der Waals surface area contributed by atoms with Crippen LogP contribution in [0.1, 0.15) is 24.8 Å². The number of rotatable bonds is 4. The normalized spacial score (nSPS) is 15.6. The van der Waals surface area contributed by atoms with Crippen LogP contribution in [0, 0.1) is 5.92 Å². The third-order valence-electron chi connectivity index (χ3n) is 4.54. The van der Waals surface area contributed by atoms with Crippen LogP contribution in [0.3, 0.4) is 0 Å². The maximum Gasteiger partial charge on any atom is 0.416 e. The van der Waals surface area contributed by atoms with Crippen LogP contribution in [0.2, 0.25) is 0 Å². The maximum absolute atomic E-state index is 12.7. The Morgan fingerprint density at radius 3 is 2.59 bits per heavy atom. The lowest BCUT2D eigenvalue weighted by molar-refractivity contribution is -0.137. The van der Waals surface area contributed by atoms with Crippen LogP contribution in [0.5, 0.6) is 0 Å². The predicted molar refractivity (Wildman–Crippen MR) is 96.1 cm³/mol. The fraction of sp³-hybridized carbons (Fsp3) is 0.389. The average molecular weight is 379 g/mol. The number of aromatic nitrogens is 2. The molecule has 1 aromatic carbocycles. The molecular weight excluding hydrogens is 359 g/mol. The van der Waals surface area contributed by atoms with E-state index in [0.717, 1.165) is 43.9 Å². The van der Waals surface area contributed by atoms with E-state index in [9.17, 15) is 18.0 Å². The second-order valence-electron chi connectivity index (χ2n) is 6.56. The van der Waals surface area contributed by atoms with Crippen LogP contribution < -0.4 is 16.0 Å². The Morgan fingerprint density at radius 1 is 1.22 bits per heavy atom. The van der Waals surface area contributed by atoms with Gasteiger partial charge in [0.25, 0.3) is 0 Å². The Kier molecular flexibility index (Phi) is 5.48. The summed E-state index contributed by atoms with van der Waals surface area (Å²) in [6, 6.07) is 4.66. The molecule has 6 nitrogen and oxygen atoms in total. The Hall–Kier alpha value is -2.84. The number of alkyl halides is 3. The molecule has 1 saturated heterocycles. The quantitative estimate of drug-likeness (QED) is 0.851. The molecule has 9 heteroatoms. The predicted octanol–water partition coefficient (Wildman–Crippen LogP) is 3.32. The van der Waals surface area contributed by atoms with Crippen LogP contribution in [-0.4, -0.2) is 29.0 Å². The zero-order valence-electron chi connectivity index (χ0n) is 14.5. The minimum Gasteiger partial charge on any atom is -0.382 e. The molecule has 2 aromatic rings. The lowest BCUT2D eigenvalue weighted by Crippen LogP contribution is -2.35. The van der Waals surface area contributed by atoms with Gasteiger partial charge in [0.2, 0.25) is 5.91 Å². The molecule has 3 rings (SSSR count). The highest BCUT2D eigenvalue weighted by Crippen LogP contribution is 2.31. The highest BCUT2D eigenvalue weighted by molar-refractivity contribution is 5.90. The summed E-state index contributed by atoms with van der Waals surface area (Å²) in [7, 11) is 0. The van der Waals surface area contributed by atoms with Crippen molar-refractivity contribution >= 4 is 23.2 Å². The van der Waals surface area contributed by atoms with Gasteiger partial charge in [0.1, 0.15) is 11.6 Å². The highest BCUT2D eigenvalue weighted by Gasteiger charge is 2.30. The Balaban J connectivity index is 1.50. The molecule has 0 atom stereocenters. The summed E-state index contributed by atoms with van der Waals surface area (Å²) in [5, 5.41) is 2.56. The first-order valence-corrected chi connectivity index (χ1v) is 8.61. The molecule has 0 unspecified atom stereocenters. The summed E-state index contributed by atoms with van der Waals surface area (Å²) in [6.07, 6.45) is 0.556. The van der Waals surface area contributed by atoms with E-state index >= 15 is 0 Å². The van der Waals surface area contributed by atoms with Gasteiger partial charge in [0, 0.05) is 25.2 Å². The molecule has 0 spiro atoms. The number of nitrogens with zero attached hydrogens (tertiary/aromatic N) is 3. The smallest absolute Gasteiger partial charge is 0.382 e. The number of hydrogen-bond acceptors (Lipinski definition) is 5. The topological polar surface area (TPSA) is 84.1 Å². The zero-order chi connectivity index (χ0) is 19.4. The summed E-state index contributed by atoms with van der Waals surface area (Å²) in [4.78, 5) is 22.5. The van der Waals surface area contributed by atoms with E-state index < -0.39 is 11.7 Å². The first-order valence-electron chi connectivity index (χ1n) is 8.61. The summed E-state index contributed by atoms with van der Waals surface area (Å²) < 4.78 is 38.2. The van der Waals surface area contributed by atoms with Crippen molar-refractivity contribution in [1.82, 2.24) is 9.97 Å². The molecule has 27 heavy (non-hydrogen) atoms. The van der Waals surface area contributed by atoms with Crippen molar-refractivity contribution in [3.63, 3.8) is 0 Å². The SMILES string of the molecule is Nc1cnc(N2CCC(CC(=O)Nc3cccc(C(F)(F)F)c3)CC2)cn1. The third-order valence-corrected chi connectivity index (χ3v) is 4.54. The number of amides is 1. The first kappa shape index (κ1) is 18.9. The van der Waals surface area contributed by atoms with E-state index in [1.807, 2.05) is 0 Å². The van der Waals surface area contributed by atoms with Crippen molar-refractivity contribution in [2.75, 3.05) is 29.0 Å². The van der Waals surface area contributed by atoms with Gasteiger partial charge >= 0.3 is 6.18 Å². The standard InChI is InChI=1S/C18H20F3N5O/c19-18(20,21)13-2-1-3-14(9-13)25-17(27)8-12-4-6-26(7-5-12)16-11-23-15(22)10-24-16/h1-3,9-12H,4-8H2,(H2,22,23)(H,25,27). The third kappa shape index (κ3) is 5.08. The van der Waals surface area contributed by atoms with E-state index in [1.165, 1.54) is 18.3 Å². The van der Waals surface area contributed by atoms with Crippen LogP contribution in [0.25, 0.3) is 0 Å². The van der Waals surface area contributed by atoms with Gasteiger partial charge in [0.05, 0.1) is 18.0 Å².